The normalized spacial score (nSPS) is 16.2. The minimum absolute atomic E-state index is 0.0611. The third-order valence-corrected chi connectivity index (χ3v) is 5.43. The number of nitrogens with one attached hydrogen (secondary N) is 1. The maximum atomic E-state index is 12.5. The zero-order valence-electron chi connectivity index (χ0n) is 12.6. The molecule has 3 rings (SSSR count). The maximum Gasteiger partial charge on any atom is 0.276 e. The number of sulfonamides is 1. The van der Waals surface area contributed by atoms with Crippen molar-refractivity contribution in [3.63, 3.8) is 0 Å². The van der Waals surface area contributed by atoms with Crippen molar-refractivity contribution in [1.82, 2.24) is 9.29 Å². The fourth-order valence-corrected chi connectivity index (χ4v) is 3.91. The number of furan rings is 1. The lowest BCUT2D eigenvalue weighted by molar-refractivity contribution is 0.332. The number of nitrogens with zero attached hydrogens (tertiary/aromatic N) is 3. The van der Waals surface area contributed by atoms with Crippen LogP contribution in [0.5, 0.6) is 0 Å². The molecule has 23 heavy (non-hydrogen) atoms. The average molecular weight is 336 g/mol. The Hall–Kier alpha value is -2.31. The Morgan fingerprint density at radius 1 is 1.26 bits per heavy atom. The molecule has 0 unspecified atom stereocenters. The van der Waals surface area contributed by atoms with E-state index in [-0.39, 0.29) is 28.3 Å². The fraction of sp³-hybridized carbons (Fsp3) is 0.429. The average Bonchev–Trinajstić information content (AvgIpc) is 3.22. The number of hydrogen-bond acceptors (Lipinski definition) is 7. The molecule has 9 heteroatoms. The van der Waals surface area contributed by atoms with Gasteiger partial charge in [-0.3, -0.25) is 0 Å². The van der Waals surface area contributed by atoms with Crippen LogP contribution in [0.3, 0.4) is 0 Å². The lowest BCUT2D eigenvalue weighted by Gasteiger charge is -2.24. The molecule has 2 aromatic rings. The van der Waals surface area contributed by atoms with Crippen molar-refractivity contribution in [2.24, 2.45) is 0 Å². The van der Waals surface area contributed by atoms with Crippen molar-refractivity contribution in [3.8, 4) is 17.7 Å². The van der Waals surface area contributed by atoms with E-state index in [2.05, 4.69) is 10.3 Å². The summed E-state index contributed by atoms with van der Waals surface area (Å²) in [7, 11) is -2.05. The maximum absolute atomic E-state index is 12.5. The van der Waals surface area contributed by atoms with E-state index in [1.807, 2.05) is 6.07 Å². The summed E-state index contributed by atoms with van der Waals surface area (Å²) in [5, 5.41) is 11.5. The lowest BCUT2D eigenvalue weighted by Crippen LogP contribution is -2.35. The number of oxazole rings is 1. The number of rotatable bonds is 4. The molecule has 0 aliphatic carbocycles. The largest absolute Gasteiger partial charge is 0.438 e. The van der Waals surface area contributed by atoms with Crippen LogP contribution >= 0.6 is 0 Å². The van der Waals surface area contributed by atoms with Gasteiger partial charge in [0, 0.05) is 20.1 Å². The molecule has 0 radical (unpaired) electrons. The van der Waals surface area contributed by atoms with Gasteiger partial charge in [-0.15, -0.1) is 0 Å². The summed E-state index contributed by atoms with van der Waals surface area (Å²) in [6.07, 6.45) is 2.74. The van der Waals surface area contributed by atoms with E-state index in [1.54, 1.807) is 7.05 Å². The van der Waals surface area contributed by atoms with Gasteiger partial charge in [-0.05, 0) is 25.0 Å². The third kappa shape index (κ3) is 2.83. The molecule has 0 amide bonds. The Morgan fingerprint density at radius 2 is 2.00 bits per heavy atom. The smallest absolute Gasteiger partial charge is 0.276 e. The minimum atomic E-state index is -3.65. The molecule has 2 aromatic heterocycles. The molecule has 1 aliphatic heterocycles. The standard InChI is InChI=1S/C14H16N4O4S/c1-16-13-10(9-15)17-14(22-13)11-5-6-12(21-11)23(19,20)18-7-3-2-4-8-18/h5-6,16H,2-4,7-8H2,1H3. The molecule has 0 atom stereocenters. The molecule has 0 aromatic carbocycles. The Bertz CT molecular complexity index is 840. The van der Waals surface area contributed by atoms with Crippen LogP contribution < -0.4 is 5.32 Å². The summed E-state index contributed by atoms with van der Waals surface area (Å²) < 4.78 is 37.3. The molecule has 1 fully saturated rings. The second-order valence-corrected chi connectivity index (χ2v) is 7.01. The van der Waals surface area contributed by atoms with Crippen LogP contribution in [0.2, 0.25) is 0 Å². The van der Waals surface area contributed by atoms with Crippen molar-refractivity contribution in [1.29, 1.82) is 5.26 Å². The molecule has 0 saturated carbocycles. The van der Waals surface area contributed by atoms with E-state index in [0.717, 1.165) is 19.3 Å². The number of aromatic nitrogens is 1. The first-order valence-electron chi connectivity index (χ1n) is 7.25. The van der Waals surface area contributed by atoms with Crippen molar-refractivity contribution >= 4 is 15.9 Å². The van der Waals surface area contributed by atoms with E-state index in [0.29, 0.717) is 13.1 Å². The second-order valence-electron chi connectivity index (χ2n) is 5.14. The molecule has 0 spiro atoms. The Kier molecular flexibility index (Phi) is 4.11. The van der Waals surface area contributed by atoms with Gasteiger partial charge in [0.2, 0.25) is 16.7 Å². The highest BCUT2D eigenvalue weighted by molar-refractivity contribution is 7.89. The highest BCUT2D eigenvalue weighted by atomic mass is 32.2. The fourth-order valence-electron chi connectivity index (χ4n) is 2.48. The van der Waals surface area contributed by atoms with Gasteiger partial charge in [0.1, 0.15) is 6.07 Å². The van der Waals surface area contributed by atoms with Gasteiger partial charge < -0.3 is 14.2 Å². The predicted octanol–water partition coefficient (Wildman–Crippen LogP) is 2.02. The van der Waals surface area contributed by atoms with Crippen LogP contribution in [0.1, 0.15) is 25.0 Å². The van der Waals surface area contributed by atoms with Gasteiger partial charge in [-0.25, -0.2) is 8.42 Å². The van der Waals surface area contributed by atoms with Crippen LogP contribution in [0.25, 0.3) is 11.7 Å². The van der Waals surface area contributed by atoms with Crippen molar-refractivity contribution in [3.05, 3.63) is 17.8 Å². The van der Waals surface area contributed by atoms with Gasteiger partial charge in [-0.1, -0.05) is 6.42 Å². The molecular formula is C14H16N4O4S. The van der Waals surface area contributed by atoms with E-state index >= 15 is 0 Å². The molecule has 1 saturated heterocycles. The zero-order chi connectivity index (χ0) is 16.4. The topological polar surface area (TPSA) is 112 Å². The molecule has 8 nitrogen and oxygen atoms in total. The van der Waals surface area contributed by atoms with E-state index in [1.165, 1.54) is 16.4 Å². The number of nitriles is 1. The van der Waals surface area contributed by atoms with E-state index < -0.39 is 10.0 Å². The monoisotopic (exact) mass is 336 g/mol. The first-order chi connectivity index (χ1) is 11.1. The quantitative estimate of drug-likeness (QED) is 0.908. The summed E-state index contributed by atoms with van der Waals surface area (Å²) in [5.74, 6) is 0.434. The Morgan fingerprint density at radius 3 is 2.61 bits per heavy atom. The molecule has 1 N–H and O–H groups in total. The Balaban J connectivity index is 1.91. The van der Waals surface area contributed by atoms with Gasteiger partial charge in [0.15, 0.2) is 5.76 Å². The number of anilines is 1. The third-order valence-electron chi connectivity index (χ3n) is 3.66. The lowest BCUT2D eigenvalue weighted by atomic mass is 10.2. The van der Waals surface area contributed by atoms with Crippen molar-refractivity contribution in [2.75, 3.05) is 25.5 Å². The Labute approximate surface area is 133 Å². The molecular weight excluding hydrogens is 320 g/mol. The van der Waals surface area contributed by atoms with Gasteiger partial charge >= 0.3 is 0 Å². The molecule has 3 heterocycles. The van der Waals surface area contributed by atoms with Crippen molar-refractivity contribution in [2.45, 2.75) is 24.4 Å². The van der Waals surface area contributed by atoms with Crippen LogP contribution in [0.15, 0.2) is 26.1 Å². The predicted molar refractivity (Wildman–Crippen MR) is 81.1 cm³/mol. The van der Waals surface area contributed by atoms with Crippen LogP contribution in [0, 0.1) is 11.3 Å². The SMILES string of the molecule is CNc1oc(-c2ccc(S(=O)(=O)N3CCCCC3)o2)nc1C#N. The second kappa shape index (κ2) is 6.06. The first kappa shape index (κ1) is 15.6. The summed E-state index contributed by atoms with van der Waals surface area (Å²) >= 11 is 0. The van der Waals surface area contributed by atoms with Crippen LogP contribution in [-0.4, -0.2) is 37.8 Å². The summed E-state index contributed by atoms with van der Waals surface area (Å²) in [5.41, 5.74) is 0.0827. The molecule has 122 valence electrons. The van der Waals surface area contributed by atoms with E-state index in [4.69, 9.17) is 14.1 Å². The highest BCUT2D eigenvalue weighted by Crippen LogP contribution is 2.29. The van der Waals surface area contributed by atoms with Gasteiger partial charge in [-0.2, -0.15) is 14.6 Å². The summed E-state index contributed by atoms with van der Waals surface area (Å²) in [4.78, 5) is 3.99. The zero-order valence-corrected chi connectivity index (χ0v) is 13.4. The van der Waals surface area contributed by atoms with Crippen LogP contribution in [0.4, 0.5) is 5.88 Å². The van der Waals surface area contributed by atoms with E-state index in [9.17, 15) is 8.42 Å². The molecule has 0 bridgehead atoms. The van der Waals surface area contributed by atoms with Crippen LogP contribution in [-0.2, 0) is 10.0 Å². The van der Waals surface area contributed by atoms with Gasteiger partial charge in [0.05, 0.1) is 0 Å². The number of hydrogen-bond donors (Lipinski definition) is 1. The minimum Gasteiger partial charge on any atom is -0.438 e. The molecule has 1 aliphatic rings. The first-order valence-corrected chi connectivity index (χ1v) is 8.69. The van der Waals surface area contributed by atoms with Gasteiger partial charge in [0.25, 0.3) is 15.9 Å². The highest BCUT2D eigenvalue weighted by Gasteiger charge is 2.29. The number of piperidine rings is 1. The summed E-state index contributed by atoms with van der Waals surface area (Å²) in [6.45, 7) is 1.000. The summed E-state index contributed by atoms with van der Waals surface area (Å²) in [6, 6.07) is 4.75. The van der Waals surface area contributed by atoms with Crippen molar-refractivity contribution < 1.29 is 17.3 Å².